The van der Waals surface area contributed by atoms with Crippen LogP contribution in [-0.2, 0) is 9.84 Å². The number of hydrogen-bond donors (Lipinski definition) is 1. The number of aryl methyl sites for hydroxylation is 1. The molecule has 0 saturated heterocycles. The maximum absolute atomic E-state index is 11.2. The third-order valence-corrected chi connectivity index (χ3v) is 3.73. The highest BCUT2D eigenvalue weighted by atomic mass is 32.2. The molecule has 2 atom stereocenters. The van der Waals surface area contributed by atoms with Crippen molar-refractivity contribution in [2.24, 2.45) is 0 Å². The van der Waals surface area contributed by atoms with Crippen LogP contribution in [0.1, 0.15) is 31.0 Å². The molecule has 0 aromatic heterocycles. The minimum Gasteiger partial charge on any atom is -0.307 e. The van der Waals surface area contributed by atoms with Crippen molar-refractivity contribution in [3.8, 4) is 0 Å². The third kappa shape index (κ3) is 5.33. The summed E-state index contributed by atoms with van der Waals surface area (Å²) < 4.78 is 22.3. The minimum atomic E-state index is -2.92. The van der Waals surface area contributed by atoms with Gasteiger partial charge < -0.3 is 5.32 Å². The van der Waals surface area contributed by atoms with Crippen LogP contribution in [0.15, 0.2) is 24.3 Å². The fourth-order valence-electron chi connectivity index (χ4n) is 1.96. The SMILES string of the molecule is Cc1cccc([C@@H](C)NC(C)CS(C)(=O)=O)c1. The van der Waals surface area contributed by atoms with Crippen molar-refractivity contribution >= 4 is 9.84 Å². The smallest absolute Gasteiger partial charge is 0.148 e. The van der Waals surface area contributed by atoms with Crippen molar-refractivity contribution in [2.75, 3.05) is 12.0 Å². The summed E-state index contributed by atoms with van der Waals surface area (Å²) in [7, 11) is -2.92. The monoisotopic (exact) mass is 255 g/mol. The van der Waals surface area contributed by atoms with Gasteiger partial charge in [-0.05, 0) is 26.3 Å². The first-order chi connectivity index (χ1) is 7.78. The molecule has 0 aliphatic heterocycles. The Hall–Kier alpha value is -0.870. The standard InChI is InChI=1S/C13H21NO2S/c1-10-6-5-7-13(8-10)12(3)14-11(2)9-17(4,15)16/h5-8,11-12,14H,9H2,1-4H3/t11?,12-/m1/s1. The molecule has 0 heterocycles. The molecule has 1 aromatic carbocycles. The predicted octanol–water partition coefficient (Wildman–Crippen LogP) is 2.08. The Balaban J connectivity index is 2.63. The van der Waals surface area contributed by atoms with Crippen LogP contribution < -0.4 is 5.32 Å². The van der Waals surface area contributed by atoms with Crippen LogP contribution in [-0.4, -0.2) is 26.5 Å². The molecule has 3 nitrogen and oxygen atoms in total. The zero-order valence-electron chi connectivity index (χ0n) is 10.9. The van der Waals surface area contributed by atoms with E-state index in [0.717, 1.165) is 0 Å². The van der Waals surface area contributed by atoms with Gasteiger partial charge in [0.2, 0.25) is 0 Å². The molecule has 0 amide bonds. The van der Waals surface area contributed by atoms with E-state index in [1.165, 1.54) is 17.4 Å². The van der Waals surface area contributed by atoms with Crippen LogP contribution in [0.5, 0.6) is 0 Å². The zero-order chi connectivity index (χ0) is 13.1. The van der Waals surface area contributed by atoms with E-state index in [0.29, 0.717) is 0 Å². The Bertz CT molecular complexity index is 468. The summed E-state index contributed by atoms with van der Waals surface area (Å²) in [5.41, 5.74) is 2.40. The van der Waals surface area contributed by atoms with Gasteiger partial charge in [-0.15, -0.1) is 0 Å². The molecular weight excluding hydrogens is 234 g/mol. The van der Waals surface area contributed by atoms with Gasteiger partial charge in [0.15, 0.2) is 0 Å². The molecule has 4 heteroatoms. The van der Waals surface area contributed by atoms with E-state index in [1.807, 2.05) is 19.9 Å². The molecule has 0 saturated carbocycles. The Kier molecular flexibility index (Phi) is 4.71. The highest BCUT2D eigenvalue weighted by Gasteiger charge is 2.13. The second-order valence-corrected chi connectivity index (χ2v) is 6.98. The van der Waals surface area contributed by atoms with Gasteiger partial charge in [0, 0.05) is 18.3 Å². The van der Waals surface area contributed by atoms with Gasteiger partial charge in [-0.1, -0.05) is 29.8 Å². The second kappa shape index (κ2) is 5.65. The quantitative estimate of drug-likeness (QED) is 0.876. The summed E-state index contributed by atoms with van der Waals surface area (Å²) in [4.78, 5) is 0. The lowest BCUT2D eigenvalue weighted by Crippen LogP contribution is -2.34. The summed E-state index contributed by atoms with van der Waals surface area (Å²) in [6.45, 7) is 6.00. The Morgan fingerprint density at radius 3 is 2.47 bits per heavy atom. The number of hydrogen-bond acceptors (Lipinski definition) is 3. The van der Waals surface area contributed by atoms with Crippen molar-refractivity contribution in [1.29, 1.82) is 0 Å². The lowest BCUT2D eigenvalue weighted by atomic mass is 10.1. The molecule has 0 bridgehead atoms. The molecule has 17 heavy (non-hydrogen) atoms. The van der Waals surface area contributed by atoms with E-state index in [2.05, 4.69) is 30.4 Å². The van der Waals surface area contributed by atoms with Gasteiger partial charge in [0.25, 0.3) is 0 Å². The largest absolute Gasteiger partial charge is 0.307 e. The van der Waals surface area contributed by atoms with Crippen LogP contribution in [0.4, 0.5) is 0 Å². The van der Waals surface area contributed by atoms with E-state index in [-0.39, 0.29) is 17.8 Å². The van der Waals surface area contributed by atoms with Gasteiger partial charge >= 0.3 is 0 Å². The normalized spacial score (nSPS) is 15.5. The van der Waals surface area contributed by atoms with E-state index in [9.17, 15) is 8.42 Å². The Labute approximate surface area is 104 Å². The van der Waals surface area contributed by atoms with Crippen molar-refractivity contribution in [2.45, 2.75) is 32.9 Å². The Morgan fingerprint density at radius 2 is 1.94 bits per heavy atom. The molecule has 1 rings (SSSR count). The van der Waals surface area contributed by atoms with Crippen molar-refractivity contribution in [3.05, 3.63) is 35.4 Å². The summed E-state index contributed by atoms with van der Waals surface area (Å²) in [6, 6.07) is 8.36. The predicted molar refractivity (Wildman–Crippen MR) is 71.9 cm³/mol. The van der Waals surface area contributed by atoms with Crippen LogP contribution in [0.2, 0.25) is 0 Å². The van der Waals surface area contributed by atoms with Crippen molar-refractivity contribution in [1.82, 2.24) is 5.32 Å². The second-order valence-electron chi connectivity index (χ2n) is 4.80. The van der Waals surface area contributed by atoms with E-state index >= 15 is 0 Å². The van der Waals surface area contributed by atoms with Gasteiger partial charge in [-0.3, -0.25) is 0 Å². The molecule has 0 fully saturated rings. The van der Waals surface area contributed by atoms with Crippen LogP contribution in [0, 0.1) is 6.92 Å². The first-order valence-electron chi connectivity index (χ1n) is 5.78. The molecule has 96 valence electrons. The average Bonchev–Trinajstić information content (AvgIpc) is 2.14. The zero-order valence-corrected chi connectivity index (χ0v) is 11.7. The van der Waals surface area contributed by atoms with Crippen LogP contribution >= 0.6 is 0 Å². The molecule has 1 N–H and O–H groups in total. The number of rotatable bonds is 5. The molecule has 0 aliphatic rings. The van der Waals surface area contributed by atoms with Crippen LogP contribution in [0.3, 0.4) is 0 Å². The summed E-state index contributed by atoms with van der Waals surface area (Å²) in [6.07, 6.45) is 1.27. The summed E-state index contributed by atoms with van der Waals surface area (Å²) >= 11 is 0. The number of sulfone groups is 1. The van der Waals surface area contributed by atoms with E-state index < -0.39 is 9.84 Å². The lowest BCUT2D eigenvalue weighted by Gasteiger charge is -2.20. The third-order valence-electron chi connectivity index (χ3n) is 2.63. The summed E-state index contributed by atoms with van der Waals surface area (Å²) in [5, 5.41) is 3.30. The first kappa shape index (κ1) is 14.2. The average molecular weight is 255 g/mol. The molecule has 0 radical (unpaired) electrons. The van der Waals surface area contributed by atoms with Gasteiger partial charge in [0.05, 0.1) is 5.75 Å². The van der Waals surface area contributed by atoms with Crippen molar-refractivity contribution < 1.29 is 8.42 Å². The fraction of sp³-hybridized carbons (Fsp3) is 0.538. The molecule has 0 aliphatic carbocycles. The summed E-state index contributed by atoms with van der Waals surface area (Å²) in [5.74, 6) is 0.170. The van der Waals surface area contributed by atoms with E-state index in [1.54, 1.807) is 0 Å². The minimum absolute atomic E-state index is 0.0412. The highest BCUT2D eigenvalue weighted by molar-refractivity contribution is 7.90. The van der Waals surface area contributed by atoms with Crippen molar-refractivity contribution in [3.63, 3.8) is 0 Å². The van der Waals surface area contributed by atoms with E-state index in [4.69, 9.17) is 0 Å². The molecular formula is C13H21NO2S. The number of benzene rings is 1. The maximum atomic E-state index is 11.2. The van der Waals surface area contributed by atoms with Gasteiger partial charge in [0.1, 0.15) is 9.84 Å². The van der Waals surface area contributed by atoms with Gasteiger partial charge in [-0.25, -0.2) is 8.42 Å². The molecule has 1 aromatic rings. The maximum Gasteiger partial charge on any atom is 0.148 e. The molecule has 0 spiro atoms. The topological polar surface area (TPSA) is 46.2 Å². The molecule has 1 unspecified atom stereocenters. The first-order valence-corrected chi connectivity index (χ1v) is 7.84. The fourth-order valence-corrected chi connectivity index (χ4v) is 2.97. The number of nitrogens with one attached hydrogen (secondary N) is 1. The highest BCUT2D eigenvalue weighted by Crippen LogP contribution is 2.14. The Morgan fingerprint density at radius 1 is 1.29 bits per heavy atom. The van der Waals surface area contributed by atoms with Gasteiger partial charge in [-0.2, -0.15) is 0 Å². The van der Waals surface area contributed by atoms with Crippen LogP contribution in [0.25, 0.3) is 0 Å². The lowest BCUT2D eigenvalue weighted by molar-refractivity contribution is 0.500.